The Balaban J connectivity index is 2.11. The number of aliphatic hydroxyl groups excluding tert-OH is 2. The molecular formula is C26H33N3O7. The number of carbonyl (C=O) groups is 3. The number of fused-ring (bicyclic) bond motifs is 3. The number of carbonyl (C=O) groups excluding carboxylic acids is 3. The molecule has 0 spiro atoms. The molecule has 1 fully saturated rings. The molecule has 3 aliphatic rings. The number of hydrogen-bond acceptors (Lipinski definition) is 9. The van der Waals surface area contributed by atoms with Crippen molar-refractivity contribution in [1.82, 2.24) is 4.90 Å². The lowest BCUT2D eigenvalue weighted by Crippen LogP contribution is -2.72. The molecule has 1 aromatic rings. The minimum Gasteiger partial charge on any atom is -0.508 e. The van der Waals surface area contributed by atoms with Crippen LogP contribution in [0.15, 0.2) is 23.0 Å². The summed E-state index contributed by atoms with van der Waals surface area (Å²) >= 11 is 0. The first-order valence-corrected chi connectivity index (χ1v) is 11.8. The molecule has 1 aromatic carbocycles. The molecular weight excluding hydrogens is 466 g/mol. The van der Waals surface area contributed by atoms with E-state index in [2.05, 4.69) is 0 Å². The summed E-state index contributed by atoms with van der Waals surface area (Å²) in [6.45, 7) is 5.19. The fraction of sp³-hybridized carbons (Fsp3) is 0.500. The maximum absolute atomic E-state index is 14.2. The first kappa shape index (κ1) is 25.9. The summed E-state index contributed by atoms with van der Waals surface area (Å²) in [5, 5.41) is 45.4. The van der Waals surface area contributed by atoms with E-state index in [-0.39, 0.29) is 36.3 Å². The number of benzene rings is 1. The van der Waals surface area contributed by atoms with Gasteiger partial charge in [0.25, 0.3) is 5.91 Å². The molecule has 0 unspecified atom stereocenters. The predicted molar refractivity (Wildman–Crippen MR) is 131 cm³/mol. The van der Waals surface area contributed by atoms with Crippen LogP contribution < -0.4 is 11.5 Å². The molecule has 0 bridgehead atoms. The normalized spacial score (nSPS) is 31.9. The molecule has 1 saturated carbocycles. The molecule has 0 saturated heterocycles. The van der Waals surface area contributed by atoms with Gasteiger partial charge in [0.15, 0.2) is 11.4 Å². The average Bonchev–Trinajstić information content (AvgIpc) is 2.76. The predicted octanol–water partition coefficient (Wildman–Crippen LogP) is 0.765. The molecule has 194 valence electrons. The second kappa shape index (κ2) is 7.89. The van der Waals surface area contributed by atoms with Crippen LogP contribution in [0.2, 0.25) is 0 Å². The van der Waals surface area contributed by atoms with Crippen molar-refractivity contribution in [2.45, 2.75) is 58.2 Å². The summed E-state index contributed by atoms with van der Waals surface area (Å²) in [6, 6.07) is 0.601. The number of rotatable bonds is 4. The Hall–Kier alpha value is -3.21. The number of nitrogens with two attached hydrogens (primary N) is 2. The fourth-order valence-electron chi connectivity index (χ4n) is 7.00. The standard InChI is InChI=1S/C26H33N3O7/c1-6-11-7-12(9-27)17(30)14-13(11)8-24(2)10-25(3)20(29(4)5)19(32)15(23(28)35)21(33)26(25,36)22(34)16(24)18(14)31/h7,20,30-31,33,36H,6,8-10,27H2,1-5H3,(H2,28,35)/t20-,24+,25+,26-/m1/s1. The van der Waals surface area contributed by atoms with Gasteiger partial charge in [0.2, 0.25) is 5.78 Å². The van der Waals surface area contributed by atoms with Crippen LogP contribution >= 0.6 is 0 Å². The van der Waals surface area contributed by atoms with E-state index in [4.69, 9.17) is 11.5 Å². The lowest BCUT2D eigenvalue weighted by Gasteiger charge is -2.59. The molecule has 10 heteroatoms. The minimum atomic E-state index is -2.73. The minimum absolute atomic E-state index is 0.0000728. The number of phenols is 1. The quantitative estimate of drug-likeness (QED) is 0.325. The van der Waals surface area contributed by atoms with E-state index in [1.54, 1.807) is 27.1 Å². The smallest absolute Gasteiger partial charge is 0.255 e. The Morgan fingerprint density at radius 3 is 2.28 bits per heavy atom. The van der Waals surface area contributed by atoms with Crippen molar-refractivity contribution >= 4 is 23.2 Å². The summed E-state index contributed by atoms with van der Waals surface area (Å²) in [4.78, 5) is 41.2. The number of primary amides is 1. The number of likely N-dealkylation sites (N-methyl/N-ethyl adjacent to an activating group) is 1. The summed E-state index contributed by atoms with van der Waals surface area (Å²) in [7, 11) is 3.14. The molecule has 0 aromatic heterocycles. The Labute approximate surface area is 208 Å². The van der Waals surface area contributed by atoms with Gasteiger partial charge in [-0.25, -0.2) is 0 Å². The summed E-state index contributed by atoms with van der Waals surface area (Å²) in [5.41, 5.74) is 6.71. The highest BCUT2D eigenvalue weighted by Gasteiger charge is 2.72. The van der Waals surface area contributed by atoms with E-state index < -0.39 is 57.0 Å². The number of aryl methyl sites for hydroxylation is 1. The van der Waals surface area contributed by atoms with Crippen LogP contribution in [-0.4, -0.2) is 68.5 Å². The number of Topliss-reactive ketones (excluding diaryl/α,β-unsaturated/α-hetero) is 2. The highest BCUT2D eigenvalue weighted by atomic mass is 16.3. The zero-order valence-corrected chi connectivity index (χ0v) is 21.1. The van der Waals surface area contributed by atoms with Gasteiger partial charge in [-0.1, -0.05) is 26.8 Å². The van der Waals surface area contributed by atoms with E-state index in [1.165, 1.54) is 11.8 Å². The van der Waals surface area contributed by atoms with Gasteiger partial charge in [-0.05, 0) is 44.5 Å². The molecule has 4 rings (SSSR count). The molecule has 0 radical (unpaired) electrons. The van der Waals surface area contributed by atoms with Gasteiger partial charge in [0, 0.05) is 28.5 Å². The zero-order valence-electron chi connectivity index (χ0n) is 21.1. The maximum atomic E-state index is 14.2. The van der Waals surface area contributed by atoms with E-state index in [1.807, 2.05) is 6.92 Å². The van der Waals surface area contributed by atoms with E-state index in [0.717, 1.165) is 5.56 Å². The van der Waals surface area contributed by atoms with Crippen molar-refractivity contribution in [2.75, 3.05) is 14.1 Å². The van der Waals surface area contributed by atoms with Crippen LogP contribution in [0.3, 0.4) is 0 Å². The second-order valence-electron chi connectivity index (χ2n) is 10.9. The molecule has 8 N–H and O–H groups in total. The van der Waals surface area contributed by atoms with Crippen LogP contribution in [0.4, 0.5) is 0 Å². The lowest BCUT2D eigenvalue weighted by molar-refractivity contribution is -0.176. The summed E-state index contributed by atoms with van der Waals surface area (Å²) < 4.78 is 0. The third-order valence-electron chi connectivity index (χ3n) is 8.40. The van der Waals surface area contributed by atoms with Crippen molar-refractivity contribution < 1.29 is 34.8 Å². The zero-order chi connectivity index (χ0) is 27.1. The van der Waals surface area contributed by atoms with Crippen molar-refractivity contribution in [3.63, 3.8) is 0 Å². The molecule has 10 nitrogen and oxygen atoms in total. The average molecular weight is 500 g/mol. The Morgan fingerprint density at radius 1 is 1.17 bits per heavy atom. The number of ketones is 2. The number of nitrogens with zero attached hydrogens (tertiary/aromatic N) is 1. The fourth-order valence-corrected chi connectivity index (χ4v) is 7.00. The van der Waals surface area contributed by atoms with Crippen LogP contribution in [0.1, 0.15) is 49.4 Å². The number of aromatic hydroxyl groups is 1. The number of hydrogen-bond donors (Lipinski definition) is 6. The van der Waals surface area contributed by atoms with Crippen LogP contribution in [0.25, 0.3) is 5.76 Å². The highest BCUT2D eigenvalue weighted by molar-refractivity contribution is 6.25. The van der Waals surface area contributed by atoms with Gasteiger partial charge in [-0.2, -0.15) is 0 Å². The van der Waals surface area contributed by atoms with Crippen LogP contribution in [-0.2, 0) is 33.8 Å². The first-order chi connectivity index (χ1) is 16.6. The van der Waals surface area contributed by atoms with E-state index in [9.17, 15) is 34.8 Å². The van der Waals surface area contributed by atoms with Crippen LogP contribution in [0.5, 0.6) is 5.75 Å². The van der Waals surface area contributed by atoms with Crippen molar-refractivity contribution in [3.8, 4) is 5.75 Å². The highest BCUT2D eigenvalue weighted by Crippen LogP contribution is 2.63. The first-order valence-electron chi connectivity index (χ1n) is 11.8. The summed E-state index contributed by atoms with van der Waals surface area (Å²) in [5.74, 6) is -5.01. The SMILES string of the molecule is CCc1cc(CN)c(O)c2c1C[C@@]1(C)C[C@@]3(C)[C@H](N(C)C)C(=O)C(C(N)=O)=C(O)[C@@]3(O)C(=O)C1=C2O. The van der Waals surface area contributed by atoms with Gasteiger partial charge >= 0.3 is 0 Å². The van der Waals surface area contributed by atoms with Crippen molar-refractivity contribution in [3.05, 3.63) is 45.2 Å². The lowest BCUT2D eigenvalue weighted by atomic mass is 9.46. The topological polar surface area (TPSA) is 187 Å². The Kier molecular flexibility index (Phi) is 5.67. The van der Waals surface area contributed by atoms with Crippen molar-refractivity contribution in [1.29, 1.82) is 0 Å². The van der Waals surface area contributed by atoms with Gasteiger partial charge in [0.1, 0.15) is 22.8 Å². The largest absolute Gasteiger partial charge is 0.508 e. The Bertz CT molecular complexity index is 1300. The number of amides is 1. The van der Waals surface area contributed by atoms with Crippen molar-refractivity contribution in [2.24, 2.45) is 22.3 Å². The number of phenolic OH excluding ortho intramolecular Hbond substituents is 1. The molecule has 36 heavy (non-hydrogen) atoms. The van der Waals surface area contributed by atoms with E-state index in [0.29, 0.717) is 17.5 Å². The molecule has 3 aliphatic carbocycles. The third-order valence-corrected chi connectivity index (χ3v) is 8.40. The van der Waals surface area contributed by atoms with E-state index >= 15 is 0 Å². The number of aliphatic hydroxyl groups is 3. The summed E-state index contributed by atoms with van der Waals surface area (Å²) in [6.07, 6.45) is 0.796. The molecule has 0 aliphatic heterocycles. The van der Waals surface area contributed by atoms with Gasteiger partial charge in [-0.15, -0.1) is 0 Å². The monoisotopic (exact) mass is 499 g/mol. The molecule has 1 amide bonds. The van der Waals surface area contributed by atoms with Gasteiger partial charge in [-0.3, -0.25) is 19.3 Å². The second-order valence-corrected chi connectivity index (χ2v) is 10.9. The van der Waals surface area contributed by atoms with Crippen LogP contribution in [0, 0.1) is 10.8 Å². The molecule has 4 atom stereocenters. The molecule has 0 heterocycles. The third kappa shape index (κ3) is 2.92. The Morgan fingerprint density at radius 2 is 1.78 bits per heavy atom. The van der Waals surface area contributed by atoms with Gasteiger partial charge in [0.05, 0.1) is 11.6 Å². The van der Waals surface area contributed by atoms with Gasteiger partial charge < -0.3 is 31.9 Å². The maximum Gasteiger partial charge on any atom is 0.255 e.